The van der Waals surface area contributed by atoms with E-state index in [1.807, 2.05) is 0 Å². The number of carbonyl (C=O) groups is 1. The molecular weight excluding hydrogens is 258 g/mol. The number of allylic oxidation sites excluding steroid dienone is 1. The number of esters is 1. The minimum absolute atomic E-state index is 0.148. The molecular formula is C12H12ClNO4. The molecule has 0 unspecified atom stereocenters. The van der Waals surface area contributed by atoms with Crippen LogP contribution < -0.4 is 0 Å². The van der Waals surface area contributed by atoms with Crippen LogP contribution in [0.25, 0.3) is 6.08 Å². The molecule has 0 bridgehead atoms. The normalized spacial score (nSPS) is 10.6. The number of hydrogen-bond acceptors (Lipinski definition) is 4. The number of alkyl halides is 1. The summed E-state index contributed by atoms with van der Waals surface area (Å²) in [6.07, 6.45) is 4.14. The highest BCUT2D eigenvalue weighted by Gasteiger charge is 2.15. The topological polar surface area (TPSA) is 69.4 Å². The number of nitrogens with zero attached hydrogens (tertiary/aromatic N) is 1. The van der Waals surface area contributed by atoms with Gasteiger partial charge in [-0.05, 0) is 18.1 Å². The first-order valence-electron chi connectivity index (χ1n) is 5.19. The Balaban J connectivity index is 3.16. The zero-order valence-corrected chi connectivity index (χ0v) is 10.5. The summed E-state index contributed by atoms with van der Waals surface area (Å²) in [5.41, 5.74) is 0.583. The summed E-state index contributed by atoms with van der Waals surface area (Å²) in [6.45, 7) is 0. The number of nitro groups is 1. The second kappa shape index (κ2) is 6.76. The quantitative estimate of drug-likeness (QED) is 0.357. The first kappa shape index (κ1) is 14.2. The van der Waals surface area contributed by atoms with Gasteiger partial charge < -0.3 is 4.74 Å². The predicted molar refractivity (Wildman–Crippen MR) is 68.8 cm³/mol. The van der Waals surface area contributed by atoms with E-state index >= 15 is 0 Å². The van der Waals surface area contributed by atoms with Crippen molar-refractivity contribution in [3.8, 4) is 0 Å². The van der Waals surface area contributed by atoms with E-state index in [0.717, 1.165) is 0 Å². The summed E-state index contributed by atoms with van der Waals surface area (Å²) in [5, 5.41) is 10.7. The van der Waals surface area contributed by atoms with Crippen molar-refractivity contribution in [2.45, 2.75) is 6.42 Å². The highest BCUT2D eigenvalue weighted by molar-refractivity contribution is 6.17. The van der Waals surface area contributed by atoms with Crippen LogP contribution in [0.4, 0.5) is 5.69 Å². The van der Waals surface area contributed by atoms with E-state index < -0.39 is 10.9 Å². The van der Waals surface area contributed by atoms with Crippen LogP contribution in [-0.4, -0.2) is 23.9 Å². The van der Waals surface area contributed by atoms with Gasteiger partial charge in [-0.1, -0.05) is 12.2 Å². The number of rotatable bonds is 5. The molecule has 1 aromatic carbocycles. The van der Waals surface area contributed by atoms with E-state index in [4.69, 9.17) is 11.6 Å². The van der Waals surface area contributed by atoms with Gasteiger partial charge in [-0.3, -0.25) is 10.1 Å². The van der Waals surface area contributed by atoms with Gasteiger partial charge in [-0.25, -0.2) is 4.79 Å². The highest BCUT2D eigenvalue weighted by Crippen LogP contribution is 2.20. The maximum Gasteiger partial charge on any atom is 0.338 e. The van der Waals surface area contributed by atoms with Gasteiger partial charge in [-0.2, -0.15) is 0 Å². The number of halogens is 1. The Hall–Kier alpha value is -1.88. The molecule has 18 heavy (non-hydrogen) atoms. The molecule has 5 nitrogen and oxygen atoms in total. The lowest BCUT2D eigenvalue weighted by atomic mass is 10.1. The maximum absolute atomic E-state index is 11.5. The molecule has 0 aromatic heterocycles. The highest BCUT2D eigenvalue weighted by atomic mass is 35.5. The van der Waals surface area contributed by atoms with E-state index in [1.165, 1.54) is 25.3 Å². The summed E-state index contributed by atoms with van der Waals surface area (Å²) in [7, 11) is 1.23. The lowest BCUT2D eigenvalue weighted by molar-refractivity contribution is -0.384. The van der Waals surface area contributed by atoms with Crippen molar-refractivity contribution in [3.05, 3.63) is 45.5 Å². The minimum Gasteiger partial charge on any atom is -0.465 e. The Bertz CT molecular complexity index is 485. The van der Waals surface area contributed by atoms with Crippen LogP contribution in [0, 0.1) is 10.1 Å². The number of ether oxygens (including phenoxy) is 1. The molecule has 0 aliphatic carbocycles. The average Bonchev–Trinajstić information content (AvgIpc) is 2.38. The summed E-state index contributed by atoms with van der Waals surface area (Å²) < 4.78 is 4.60. The third-order valence-electron chi connectivity index (χ3n) is 2.23. The third kappa shape index (κ3) is 3.56. The van der Waals surface area contributed by atoms with Crippen molar-refractivity contribution in [1.82, 2.24) is 0 Å². The number of hydrogen-bond donors (Lipinski definition) is 0. The van der Waals surface area contributed by atoms with Crippen molar-refractivity contribution >= 4 is 29.3 Å². The van der Waals surface area contributed by atoms with E-state index in [2.05, 4.69) is 4.74 Å². The predicted octanol–water partition coefficient (Wildman–Crippen LogP) is 3.02. The molecule has 0 fully saturated rings. The van der Waals surface area contributed by atoms with Gasteiger partial charge >= 0.3 is 5.97 Å². The van der Waals surface area contributed by atoms with Crippen molar-refractivity contribution in [2.24, 2.45) is 0 Å². The van der Waals surface area contributed by atoms with Gasteiger partial charge in [0.1, 0.15) is 0 Å². The van der Waals surface area contributed by atoms with Crippen LogP contribution in [0.3, 0.4) is 0 Å². The van der Waals surface area contributed by atoms with Gasteiger partial charge in [0, 0.05) is 18.0 Å². The fourth-order valence-electron chi connectivity index (χ4n) is 1.36. The van der Waals surface area contributed by atoms with Crippen LogP contribution in [0.2, 0.25) is 0 Å². The van der Waals surface area contributed by atoms with Crippen LogP contribution in [0.15, 0.2) is 24.3 Å². The molecule has 0 N–H and O–H groups in total. The molecule has 96 valence electrons. The molecule has 0 heterocycles. The van der Waals surface area contributed by atoms with E-state index in [9.17, 15) is 14.9 Å². The van der Waals surface area contributed by atoms with Gasteiger partial charge in [0.2, 0.25) is 0 Å². The number of benzene rings is 1. The number of non-ortho nitro benzene ring substituents is 1. The fourth-order valence-corrected chi connectivity index (χ4v) is 1.49. The smallest absolute Gasteiger partial charge is 0.338 e. The molecule has 0 aliphatic heterocycles. The summed E-state index contributed by atoms with van der Waals surface area (Å²) in [6, 6.07) is 4.05. The Kier molecular flexibility index (Phi) is 5.32. The molecule has 0 aliphatic rings. The molecule has 1 aromatic rings. The lowest BCUT2D eigenvalue weighted by Crippen LogP contribution is -2.04. The minimum atomic E-state index is -0.607. The second-order valence-corrected chi connectivity index (χ2v) is 3.78. The van der Waals surface area contributed by atoms with Crippen LogP contribution in [0.1, 0.15) is 22.3 Å². The number of methoxy groups -OCH3 is 1. The second-order valence-electron chi connectivity index (χ2n) is 3.40. The molecule has 0 atom stereocenters. The Labute approximate surface area is 109 Å². The molecule has 0 spiro atoms. The monoisotopic (exact) mass is 269 g/mol. The number of carbonyl (C=O) groups excluding carboxylic acids is 1. The van der Waals surface area contributed by atoms with Crippen molar-refractivity contribution in [1.29, 1.82) is 0 Å². The maximum atomic E-state index is 11.5. The zero-order chi connectivity index (χ0) is 13.5. The van der Waals surface area contributed by atoms with Gasteiger partial charge in [0.15, 0.2) is 0 Å². The standard InChI is InChI=1S/C12H12ClNO4/c1-18-12(15)11-8-10(14(16)17)6-5-9(11)4-2-3-7-13/h2,4-6,8H,3,7H2,1H3. The SMILES string of the molecule is COC(=O)c1cc([N+](=O)[O-])ccc1C=CCCCl. The molecule has 1 rings (SSSR count). The summed E-state index contributed by atoms with van der Waals surface area (Å²) in [4.78, 5) is 21.6. The zero-order valence-electron chi connectivity index (χ0n) is 9.76. The Morgan fingerprint density at radius 2 is 2.28 bits per heavy atom. The molecule has 0 saturated heterocycles. The largest absolute Gasteiger partial charge is 0.465 e. The summed E-state index contributed by atoms with van der Waals surface area (Å²) in [5.74, 6) is -0.138. The Morgan fingerprint density at radius 3 is 2.83 bits per heavy atom. The third-order valence-corrected chi connectivity index (χ3v) is 2.44. The van der Waals surface area contributed by atoms with Crippen LogP contribution in [-0.2, 0) is 4.74 Å². The van der Waals surface area contributed by atoms with Crippen LogP contribution >= 0.6 is 11.6 Å². The van der Waals surface area contributed by atoms with Crippen molar-refractivity contribution in [2.75, 3.05) is 13.0 Å². The Morgan fingerprint density at radius 1 is 1.56 bits per heavy atom. The van der Waals surface area contributed by atoms with E-state index in [0.29, 0.717) is 17.9 Å². The van der Waals surface area contributed by atoms with E-state index in [1.54, 1.807) is 12.2 Å². The fraction of sp³-hybridized carbons (Fsp3) is 0.250. The van der Waals surface area contributed by atoms with Gasteiger partial charge in [0.05, 0.1) is 17.6 Å². The first-order valence-corrected chi connectivity index (χ1v) is 5.73. The molecule has 0 amide bonds. The molecule has 0 saturated carbocycles. The average molecular weight is 270 g/mol. The van der Waals surface area contributed by atoms with E-state index in [-0.39, 0.29) is 11.3 Å². The van der Waals surface area contributed by atoms with Gasteiger partial charge in [0.25, 0.3) is 5.69 Å². The van der Waals surface area contributed by atoms with Crippen molar-refractivity contribution in [3.63, 3.8) is 0 Å². The van der Waals surface area contributed by atoms with Gasteiger partial charge in [-0.15, -0.1) is 11.6 Å². The molecule has 6 heteroatoms. The van der Waals surface area contributed by atoms with Crippen molar-refractivity contribution < 1.29 is 14.5 Å². The summed E-state index contributed by atoms with van der Waals surface area (Å²) >= 11 is 5.53. The molecule has 0 radical (unpaired) electrons. The lowest BCUT2D eigenvalue weighted by Gasteiger charge is -2.03. The number of nitro benzene ring substituents is 1. The van der Waals surface area contributed by atoms with Crippen LogP contribution in [0.5, 0.6) is 0 Å². The first-order chi connectivity index (χ1) is 8.60.